The number of fused-ring (bicyclic) bond motifs is 1. The highest BCUT2D eigenvalue weighted by Gasteiger charge is 2.55. The molecule has 2 saturated heterocycles. The van der Waals surface area contributed by atoms with Crippen molar-refractivity contribution in [2.45, 2.75) is 36.4 Å². The lowest BCUT2D eigenvalue weighted by atomic mass is 9.67. The number of nitrogens with zero attached hydrogens (tertiary/aromatic N) is 1. The number of pyridine rings is 1. The molecule has 2 bridgehead atoms. The molecule has 5 rings (SSSR count). The van der Waals surface area contributed by atoms with Crippen molar-refractivity contribution in [3.63, 3.8) is 0 Å². The molecule has 25 heavy (non-hydrogen) atoms. The van der Waals surface area contributed by atoms with Gasteiger partial charge >= 0.3 is 0 Å². The first-order chi connectivity index (χ1) is 12.1. The van der Waals surface area contributed by atoms with Crippen molar-refractivity contribution in [2.75, 3.05) is 12.8 Å². The van der Waals surface area contributed by atoms with E-state index in [1.54, 1.807) is 6.20 Å². The third kappa shape index (κ3) is 2.96. The highest BCUT2D eigenvalue weighted by atomic mass is 32.2. The Labute approximate surface area is 152 Å². The first-order valence-corrected chi connectivity index (χ1v) is 9.95. The summed E-state index contributed by atoms with van der Waals surface area (Å²) in [6, 6.07) is 12.1. The summed E-state index contributed by atoms with van der Waals surface area (Å²) >= 11 is 1.50. The molecule has 0 radical (unpaired) electrons. The Morgan fingerprint density at radius 2 is 2.20 bits per heavy atom. The summed E-state index contributed by atoms with van der Waals surface area (Å²) in [7, 11) is 0. The van der Waals surface area contributed by atoms with Crippen LogP contribution in [0.4, 0.5) is 0 Å². The van der Waals surface area contributed by atoms with Crippen molar-refractivity contribution >= 4 is 17.7 Å². The van der Waals surface area contributed by atoms with Crippen LogP contribution in [0.1, 0.15) is 40.4 Å². The largest absolute Gasteiger partial charge is 0.343 e. The fraction of sp³-hybridized carbons (Fsp3) is 0.400. The molecule has 3 aliphatic rings. The number of aryl methyl sites for hydroxylation is 1. The minimum absolute atomic E-state index is 0.00412. The van der Waals surface area contributed by atoms with Gasteiger partial charge in [-0.05, 0) is 56.2 Å². The van der Waals surface area contributed by atoms with Gasteiger partial charge in [-0.2, -0.15) is 0 Å². The van der Waals surface area contributed by atoms with E-state index in [-0.39, 0.29) is 17.5 Å². The van der Waals surface area contributed by atoms with Crippen LogP contribution in [-0.4, -0.2) is 29.2 Å². The lowest BCUT2D eigenvalue weighted by Gasteiger charge is -2.44. The molecule has 2 aromatic rings. The van der Waals surface area contributed by atoms with Crippen LogP contribution >= 0.6 is 11.8 Å². The Hall–Kier alpha value is -1.85. The molecule has 0 spiro atoms. The number of benzene rings is 1. The molecule has 1 aliphatic carbocycles. The average Bonchev–Trinajstić information content (AvgIpc) is 3.21. The van der Waals surface area contributed by atoms with Gasteiger partial charge in [0.2, 0.25) is 0 Å². The summed E-state index contributed by atoms with van der Waals surface area (Å²) in [5.41, 5.74) is 3.04. The Morgan fingerprint density at radius 1 is 1.36 bits per heavy atom. The third-order valence-electron chi connectivity index (χ3n) is 5.46. The molecule has 1 aromatic carbocycles. The normalized spacial score (nSPS) is 25.3. The number of carbonyl (C=O) groups excluding carboxylic acids is 1. The van der Waals surface area contributed by atoms with Crippen molar-refractivity contribution in [1.29, 1.82) is 0 Å². The molecule has 4 nitrogen and oxygen atoms in total. The predicted molar refractivity (Wildman–Crippen MR) is 101 cm³/mol. The number of amides is 1. The van der Waals surface area contributed by atoms with Gasteiger partial charge in [0.15, 0.2) is 0 Å². The maximum absolute atomic E-state index is 13.0. The van der Waals surface area contributed by atoms with E-state index in [0.717, 1.165) is 30.3 Å². The second-order valence-electron chi connectivity index (χ2n) is 7.19. The van der Waals surface area contributed by atoms with Crippen molar-refractivity contribution < 1.29 is 4.79 Å². The van der Waals surface area contributed by atoms with Crippen LogP contribution in [0.15, 0.2) is 47.6 Å². The van der Waals surface area contributed by atoms with E-state index >= 15 is 0 Å². The van der Waals surface area contributed by atoms with Gasteiger partial charge in [0.1, 0.15) is 5.03 Å². The van der Waals surface area contributed by atoms with Crippen LogP contribution in [0, 0.1) is 12.8 Å². The Balaban J connectivity index is 1.66. The lowest BCUT2D eigenvalue weighted by molar-refractivity contribution is 0.0859. The summed E-state index contributed by atoms with van der Waals surface area (Å²) in [5, 5.41) is 7.76. The van der Waals surface area contributed by atoms with E-state index in [4.69, 9.17) is 0 Å². The summed E-state index contributed by atoms with van der Waals surface area (Å²) in [6.45, 7) is 3.15. The van der Waals surface area contributed by atoms with Crippen molar-refractivity contribution in [3.8, 4) is 0 Å². The van der Waals surface area contributed by atoms with Gasteiger partial charge < -0.3 is 10.6 Å². The number of nitrogens with one attached hydrogen (secondary N) is 2. The van der Waals surface area contributed by atoms with Gasteiger partial charge in [0, 0.05) is 11.7 Å². The summed E-state index contributed by atoms with van der Waals surface area (Å²) in [5.74, 6) is 0.708. The predicted octanol–water partition coefficient (Wildman–Crippen LogP) is 3.34. The van der Waals surface area contributed by atoms with Crippen molar-refractivity contribution in [3.05, 3.63) is 59.3 Å². The topological polar surface area (TPSA) is 54.0 Å². The number of carbonyl (C=O) groups is 1. The molecule has 1 aromatic heterocycles. The first kappa shape index (κ1) is 16.6. The van der Waals surface area contributed by atoms with E-state index in [9.17, 15) is 4.79 Å². The zero-order valence-electron chi connectivity index (χ0n) is 14.6. The van der Waals surface area contributed by atoms with Crippen LogP contribution in [0.25, 0.3) is 0 Å². The minimum atomic E-state index is -0.0459. The molecule has 130 valence electrons. The van der Waals surface area contributed by atoms with E-state index in [0.29, 0.717) is 5.56 Å². The molecule has 3 heterocycles. The van der Waals surface area contributed by atoms with Crippen LogP contribution in [0.2, 0.25) is 0 Å². The van der Waals surface area contributed by atoms with Crippen LogP contribution < -0.4 is 10.6 Å². The van der Waals surface area contributed by atoms with Crippen LogP contribution in [0.5, 0.6) is 0 Å². The van der Waals surface area contributed by atoms with Crippen molar-refractivity contribution in [1.82, 2.24) is 15.6 Å². The smallest absolute Gasteiger partial charge is 0.254 e. The summed E-state index contributed by atoms with van der Waals surface area (Å²) in [4.78, 5) is 17.3. The molecule has 2 N–H and O–H groups in total. The monoisotopic (exact) mass is 353 g/mol. The number of hydrogen-bond donors (Lipinski definition) is 2. The number of thioether (sulfide) groups is 1. The fourth-order valence-corrected chi connectivity index (χ4v) is 4.82. The number of aromatic nitrogens is 1. The van der Waals surface area contributed by atoms with Crippen LogP contribution in [-0.2, 0) is 0 Å². The maximum Gasteiger partial charge on any atom is 0.254 e. The maximum atomic E-state index is 13.0. The van der Waals surface area contributed by atoms with E-state index < -0.39 is 0 Å². The zero-order valence-corrected chi connectivity index (χ0v) is 15.4. The van der Waals surface area contributed by atoms with E-state index in [1.165, 1.54) is 22.9 Å². The van der Waals surface area contributed by atoms with E-state index in [2.05, 4.69) is 46.8 Å². The second-order valence-corrected chi connectivity index (χ2v) is 7.99. The molecule has 5 heteroatoms. The molecule has 1 amide bonds. The lowest BCUT2D eigenvalue weighted by Crippen LogP contribution is -2.54. The molecular weight excluding hydrogens is 330 g/mol. The fourth-order valence-electron chi connectivity index (χ4n) is 4.27. The molecule has 3 fully saturated rings. The van der Waals surface area contributed by atoms with Gasteiger partial charge in [-0.3, -0.25) is 4.79 Å². The number of hydrogen-bond acceptors (Lipinski definition) is 4. The van der Waals surface area contributed by atoms with Gasteiger partial charge in [-0.25, -0.2) is 4.98 Å². The van der Waals surface area contributed by atoms with Crippen LogP contribution in [0.3, 0.4) is 0 Å². The molecule has 1 atom stereocenters. The summed E-state index contributed by atoms with van der Waals surface area (Å²) < 4.78 is 0. The highest BCUT2D eigenvalue weighted by molar-refractivity contribution is 7.98. The standard InChI is InChI=1S/C20H23N3OS/c1-13-5-3-6-15(9-13)17(20-10-14(11-20)12-22-20)23-18(24)16-7-4-8-21-19(16)25-2/h3-9,14,17,22H,10-12H2,1-2H3,(H,23,24). The van der Waals surface area contributed by atoms with Gasteiger partial charge in [0.25, 0.3) is 5.91 Å². The SMILES string of the molecule is CSc1ncccc1C(=O)NC(c1cccc(C)c1)C12CC(CN1)C2. The van der Waals surface area contributed by atoms with E-state index in [1.807, 2.05) is 18.4 Å². The van der Waals surface area contributed by atoms with Gasteiger partial charge in [-0.1, -0.05) is 29.8 Å². The average molecular weight is 353 g/mol. The molecule has 1 unspecified atom stereocenters. The molecular formula is C20H23N3OS. The molecule has 1 saturated carbocycles. The molecule has 2 aliphatic heterocycles. The zero-order chi connectivity index (χ0) is 17.4. The number of rotatable bonds is 5. The Morgan fingerprint density at radius 3 is 2.88 bits per heavy atom. The summed E-state index contributed by atoms with van der Waals surface area (Å²) in [6.07, 6.45) is 5.95. The van der Waals surface area contributed by atoms with Crippen molar-refractivity contribution in [2.24, 2.45) is 5.92 Å². The Kier molecular flexibility index (Phi) is 4.29. The van der Waals surface area contributed by atoms with Gasteiger partial charge in [0.05, 0.1) is 11.6 Å². The Bertz CT molecular complexity index is 796. The first-order valence-electron chi connectivity index (χ1n) is 8.73. The quantitative estimate of drug-likeness (QED) is 0.810. The second kappa shape index (κ2) is 6.46. The highest BCUT2D eigenvalue weighted by Crippen LogP contribution is 2.50. The third-order valence-corrected chi connectivity index (χ3v) is 6.17. The minimum Gasteiger partial charge on any atom is -0.343 e. The van der Waals surface area contributed by atoms with Gasteiger partial charge in [-0.15, -0.1) is 11.8 Å².